The summed E-state index contributed by atoms with van der Waals surface area (Å²) in [5.74, 6) is 0. The standard InChI is InChI=1S/C14H32O2Si/c1-7-8-9-10-11-12-13(15)16-17(5,6)14(2,3)4/h13,15H,7-12H2,1-6H3. The van der Waals surface area contributed by atoms with Gasteiger partial charge < -0.3 is 9.53 Å². The zero-order chi connectivity index (χ0) is 13.5. The molecule has 0 saturated carbocycles. The van der Waals surface area contributed by atoms with Gasteiger partial charge in [0.1, 0.15) is 6.29 Å². The third kappa shape index (κ3) is 7.22. The maximum atomic E-state index is 9.92. The molecule has 0 aliphatic rings. The highest BCUT2D eigenvalue weighted by Gasteiger charge is 2.38. The molecular weight excluding hydrogens is 228 g/mol. The smallest absolute Gasteiger partial charge is 0.195 e. The predicted molar refractivity (Wildman–Crippen MR) is 77.7 cm³/mol. The molecule has 0 saturated heterocycles. The van der Waals surface area contributed by atoms with Crippen LogP contribution in [0.3, 0.4) is 0 Å². The molecule has 0 heterocycles. The Balaban J connectivity index is 3.82. The molecule has 1 atom stereocenters. The van der Waals surface area contributed by atoms with Crippen LogP contribution in [0.4, 0.5) is 0 Å². The molecule has 17 heavy (non-hydrogen) atoms. The molecule has 0 radical (unpaired) electrons. The van der Waals surface area contributed by atoms with Crippen molar-refractivity contribution in [3.05, 3.63) is 0 Å². The summed E-state index contributed by atoms with van der Waals surface area (Å²) in [6.07, 6.45) is 6.38. The number of hydrogen-bond donors (Lipinski definition) is 1. The van der Waals surface area contributed by atoms with Gasteiger partial charge in [0.05, 0.1) is 0 Å². The summed E-state index contributed by atoms with van der Waals surface area (Å²) in [6.45, 7) is 13.2. The van der Waals surface area contributed by atoms with Crippen molar-refractivity contribution >= 4 is 8.32 Å². The molecule has 0 fully saturated rings. The van der Waals surface area contributed by atoms with Gasteiger partial charge >= 0.3 is 0 Å². The highest BCUT2D eigenvalue weighted by Crippen LogP contribution is 2.37. The fraction of sp³-hybridized carbons (Fsp3) is 1.00. The normalized spacial score (nSPS) is 15.0. The second kappa shape index (κ2) is 7.55. The van der Waals surface area contributed by atoms with Crippen LogP contribution < -0.4 is 0 Å². The van der Waals surface area contributed by atoms with Crippen LogP contribution in [0, 0.1) is 0 Å². The minimum Gasteiger partial charge on any atom is -0.392 e. The van der Waals surface area contributed by atoms with E-state index in [4.69, 9.17) is 4.43 Å². The van der Waals surface area contributed by atoms with Gasteiger partial charge in [-0.3, -0.25) is 0 Å². The maximum absolute atomic E-state index is 9.92. The van der Waals surface area contributed by atoms with Crippen LogP contribution in [0.2, 0.25) is 18.1 Å². The molecule has 0 aromatic heterocycles. The molecule has 1 N–H and O–H groups in total. The maximum Gasteiger partial charge on any atom is 0.195 e. The first-order chi connectivity index (χ1) is 7.70. The van der Waals surface area contributed by atoms with E-state index in [1.807, 2.05) is 0 Å². The monoisotopic (exact) mass is 260 g/mol. The van der Waals surface area contributed by atoms with E-state index in [1.54, 1.807) is 0 Å². The fourth-order valence-electron chi connectivity index (χ4n) is 1.50. The molecule has 0 bridgehead atoms. The minimum absolute atomic E-state index is 0.177. The lowest BCUT2D eigenvalue weighted by molar-refractivity contribution is -0.0352. The second-order valence-corrected chi connectivity index (χ2v) is 11.3. The van der Waals surface area contributed by atoms with Gasteiger partial charge in [-0.05, 0) is 31.0 Å². The van der Waals surface area contributed by atoms with Crippen molar-refractivity contribution in [2.24, 2.45) is 0 Å². The molecule has 2 nitrogen and oxygen atoms in total. The first kappa shape index (κ1) is 17.1. The molecule has 0 aliphatic carbocycles. The van der Waals surface area contributed by atoms with Crippen molar-refractivity contribution in [3.63, 3.8) is 0 Å². The van der Waals surface area contributed by atoms with E-state index in [9.17, 15) is 5.11 Å². The lowest BCUT2D eigenvalue weighted by Gasteiger charge is -2.37. The first-order valence-corrected chi connectivity index (χ1v) is 9.97. The minimum atomic E-state index is -1.79. The highest BCUT2D eigenvalue weighted by molar-refractivity contribution is 6.74. The number of aliphatic hydroxyl groups is 1. The van der Waals surface area contributed by atoms with Crippen molar-refractivity contribution < 1.29 is 9.53 Å². The summed E-state index contributed by atoms with van der Waals surface area (Å²) < 4.78 is 5.90. The molecule has 0 amide bonds. The fourth-order valence-corrected chi connectivity index (χ4v) is 2.65. The Labute approximate surface area is 109 Å². The molecule has 1 unspecified atom stereocenters. The Bertz CT molecular complexity index is 197. The summed E-state index contributed by atoms with van der Waals surface area (Å²) in [7, 11) is -1.79. The topological polar surface area (TPSA) is 29.5 Å². The van der Waals surface area contributed by atoms with Crippen LogP contribution in [0.25, 0.3) is 0 Å². The SMILES string of the molecule is CCCCCCCC(O)O[Si](C)(C)C(C)(C)C. The van der Waals surface area contributed by atoms with Gasteiger partial charge in [-0.1, -0.05) is 53.4 Å². The average Bonchev–Trinajstić information content (AvgIpc) is 2.14. The molecule has 0 aromatic rings. The molecule has 0 rings (SSSR count). The zero-order valence-corrected chi connectivity index (χ0v) is 13.7. The van der Waals surface area contributed by atoms with Gasteiger partial charge in [-0.15, -0.1) is 0 Å². The molecule has 0 spiro atoms. The number of aliphatic hydroxyl groups excluding tert-OH is 1. The number of hydrogen-bond acceptors (Lipinski definition) is 2. The van der Waals surface area contributed by atoms with Gasteiger partial charge in [0.2, 0.25) is 0 Å². The van der Waals surface area contributed by atoms with Crippen LogP contribution >= 0.6 is 0 Å². The van der Waals surface area contributed by atoms with E-state index >= 15 is 0 Å². The van der Waals surface area contributed by atoms with Crippen molar-refractivity contribution in [1.82, 2.24) is 0 Å². The van der Waals surface area contributed by atoms with Crippen molar-refractivity contribution in [2.75, 3.05) is 0 Å². The van der Waals surface area contributed by atoms with Gasteiger partial charge in [0, 0.05) is 0 Å². The summed E-state index contributed by atoms with van der Waals surface area (Å²) in [5.41, 5.74) is 0. The number of rotatable bonds is 8. The van der Waals surface area contributed by atoms with Crippen molar-refractivity contribution in [3.8, 4) is 0 Å². The van der Waals surface area contributed by atoms with E-state index < -0.39 is 14.6 Å². The van der Waals surface area contributed by atoms with E-state index in [0.29, 0.717) is 0 Å². The third-order valence-corrected chi connectivity index (χ3v) is 8.27. The van der Waals surface area contributed by atoms with Gasteiger partial charge in [0.25, 0.3) is 0 Å². The van der Waals surface area contributed by atoms with Crippen LogP contribution in [0.5, 0.6) is 0 Å². The Morgan fingerprint density at radius 3 is 2.06 bits per heavy atom. The van der Waals surface area contributed by atoms with E-state index in [1.165, 1.54) is 25.7 Å². The molecule has 104 valence electrons. The molecular formula is C14H32O2Si. The third-order valence-electron chi connectivity index (χ3n) is 3.79. The van der Waals surface area contributed by atoms with Crippen LogP contribution in [-0.4, -0.2) is 19.7 Å². The summed E-state index contributed by atoms with van der Waals surface area (Å²) in [5, 5.41) is 10.1. The molecule has 0 aromatic carbocycles. The Morgan fingerprint density at radius 1 is 1.06 bits per heavy atom. The van der Waals surface area contributed by atoms with Gasteiger partial charge in [-0.25, -0.2) is 0 Å². The Hall–Kier alpha value is 0.137. The van der Waals surface area contributed by atoms with Crippen LogP contribution in [0.15, 0.2) is 0 Å². The molecule has 3 heteroatoms. The van der Waals surface area contributed by atoms with E-state index in [0.717, 1.165) is 12.8 Å². The predicted octanol–water partition coefficient (Wildman–Crippen LogP) is 4.69. The second-order valence-electron chi connectivity index (χ2n) is 6.54. The first-order valence-electron chi connectivity index (χ1n) is 7.06. The van der Waals surface area contributed by atoms with Crippen molar-refractivity contribution in [2.45, 2.75) is 90.6 Å². The van der Waals surface area contributed by atoms with Crippen LogP contribution in [0.1, 0.15) is 66.2 Å². The lowest BCUT2D eigenvalue weighted by atomic mass is 10.1. The zero-order valence-electron chi connectivity index (χ0n) is 12.7. The Kier molecular flexibility index (Phi) is 7.61. The van der Waals surface area contributed by atoms with E-state index in [2.05, 4.69) is 40.8 Å². The summed E-state index contributed by atoms with van der Waals surface area (Å²) in [6, 6.07) is 0. The van der Waals surface area contributed by atoms with Crippen LogP contribution in [-0.2, 0) is 4.43 Å². The molecule has 0 aliphatic heterocycles. The lowest BCUT2D eigenvalue weighted by Crippen LogP contribution is -2.43. The summed E-state index contributed by atoms with van der Waals surface area (Å²) >= 11 is 0. The summed E-state index contributed by atoms with van der Waals surface area (Å²) in [4.78, 5) is 0. The Morgan fingerprint density at radius 2 is 1.59 bits per heavy atom. The van der Waals surface area contributed by atoms with Gasteiger partial charge in [-0.2, -0.15) is 0 Å². The quantitative estimate of drug-likeness (QED) is 0.390. The largest absolute Gasteiger partial charge is 0.392 e. The van der Waals surface area contributed by atoms with E-state index in [-0.39, 0.29) is 5.04 Å². The van der Waals surface area contributed by atoms with Gasteiger partial charge in [0.15, 0.2) is 8.32 Å². The average molecular weight is 260 g/mol. The highest BCUT2D eigenvalue weighted by atomic mass is 28.4. The number of unbranched alkanes of at least 4 members (excludes halogenated alkanes) is 4. The van der Waals surface area contributed by atoms with Crippen molar-refractivity contribution in [1.29, 1.82) is 0 Å².